The smallest absolute Gasteiger partial charge is 0.226 e. The number of ether oxygens (including phenoxy) is 1. The maximum atomic E-state index is 12.4. The Labute approximate surface area is 185 Å². The largest absolute Gasteiger partial charge is 0.497 e. The standard InChI is InChI=1S/C21H25N5O5S/c1-14-12-18(26(24-14)16-10-11-32(28,29)13-16)22-19(27)4-3-5-20-23-21(25-31-20)15-6-8-17(30-2)9-7-15/h6-9,12,16H,3-5,10-11,13H2,1-2H3,(H,22,27). The van der Waals surface area contributed by atoms with Crippen LogP contribution in [-0.2, 0) is 21.1 Å². The van der Waals surface area contributed by atoms with Crippen molar-refractivity contribution in [1.82, 2.24) is 19.9 Å². The first-order chi connectivity index (χ1) is 15.3. The minimum absolute atomic E-state index is 0.0463. The molecule has 11 heteroatoms. The molecular weight excluding hydrogens is 434 g/mol. The number of methoxy groups -OCH3 is 1. The average Bonchev–Trinajstić information content (AvgIpc) is 3.46. The Hall–Kier alpha value is -3.21. The van der Waals surface area contributed by atoms with Crippen LogP contribution in [0, 0.1) is 6.92 Å². The van der Waals surface area contributed by atoms with Crippen LogP contribution in [0.5, 0.6) is 5.75 Å². The molecule has 32 heavy (non-hydrogen) atoms. The first-order valence-electron chi connectivity index (χ1n) is 10.4. The molecule has 0 bridgehead atoms. The van der Waals surface area contributed by atoms with Gasteiger partial charge in [-0.1, -0.05) is 5.16 Å². The van der Waals surface area contributed by atoms with Gasteiger partial charge in [-0.15, -0.1) is 0 Å². The van der Waals surface area contributed by atoms with Gasteiger partial charge in [-0.2, -0.15) is 10.1 Å². The predicted octanol–water partition coefficient (Wildman–Crippen LogP) is 2.57. The van der Waals surface area contributed by atoms with E-state index in [9.17, 15) is 13.2 Å². The van der Waals surface area contributed by atoms with E-state index in [0.29, 0.717) is 36.8 Å². The number of benzene rings is 1. The molecule has 0 radical (unpaired) electrons. The summed E-state index contributed by atoms with van der Waals surface area (Å²) in [6.45, 7) is 1.81. The normalized spacial score (nSPS) is 17.4. The van der Waals surface area contributed by atoms with Crippen molar-refractivity contribution in [2.75, 3.05) is 23.9 Å². The Morgan fingerprint density at radius 1 is 1.31 bits per heavy atom. The Morgan fingerprint density at radius 2 is 2.09 bits per heavy atom. The van der Waals surface area contributed by atoms with E-state index in [1.807, 2.05) is 31.2 Å². The molecule has 2 aromatic heterocycles. The highest BCUT2D eigenvalue weighted by Gasteiger charge is 2.31. The van der Waals surface area contributed by atoms with Gasteiger partial charge in [-0.3, -0.25) is 4.79 Å². The third-order valence-corrected chi connectivity index (χ3v) is 7.04. The molecule has 1 amide bonds. The van der Waals surface area contributed by atoms with E-state index in [1.54, 1.807) is 17.9 Å². The molecule has 1 aliphatic heterocycles. The Bertz CT molecular complexity index is 1200. The zero-order chi connectivity index (χ0) is 22.7. The summed E-state index contributed by atoms with van der Waals surface area (Å²) in [6.07, 6.45) is 1.75. The van der Waals surface area contributed by atoms with Crippen molar-refractivity contribution in [3.8, 4) is 17.1 Å². The van der Waals surface area contributed by atoms with Crippen molar-refractivity contribution in [2.24, 2.45) is 0 Å². The fourth-order valence-electron chi connectivity index (χ4n) is 3.68. The van der Waals surface area contributed by atoms with Crippen LogP contribution in [0.15, 0.2) is 34.9 Å². The number of hydrogen-bond acceptors (Lipinski definition) is 8. The Morgan fingerprint density at radius 3 is 2.78 bits per heavy atom. The first kappa shape index (κ1) is 22.0. The number of rotatable bonds is 8. The maximum Gasteiger partial charge on any atom is 0.226 e. The molecule has 10 nitrogen and oxygen atoms in total. The number of aryl methyl sites for hydroxylation is 2. The molecule has 1 aliphatic rings. The number of carbonyl (C=O) groups excluding carboxylic acids is 1. The number of carbonyl (C=O) groups is 1. The summed E-state index contributed by atoms with van der Waals surface area (Å²) in [6, 6.07) is 8.84. The summed E-state index contributed by atoms with van der Waals surface area (Å²) in [5, 5.41) is 11.2. The Balaban J connectivity index is 1.30. The molecule has 1 fully saturated rings. The lowest BCUT2D eigenvalue weighted by molar-refractivity contribution is -0.116. The van der Waals surface area contributed by atoms with Gasteiger partial charge in [0.15, 0.2) is 9.84 Å². The molecular formula is C21H25N5O5S. The van der Waals surface area contributed by atoms with Gasteiger partial charge < -0.3 is 14.6 Å². The van der Waals surface area contributed by atoms with E-state index in [2.05, 4.69) is 20.6 Å². The zero-order valence-electron chi connectivity index (χ0n) is 17.9. The molecule has 1 unspecified atom stereocenters. The summed E-state index contributed by atoms with van der Waals surface area (Å²) in [7, 11) is -1.45. The van der Waals surface area contributed by atoms with E-state index >= 15 is 0 Å². The van der Waals surface area contributed by atoms with Crippen LogP contribution in [0.3, 0.4) is 0 Å². The lowest BCUT2D eigenvalue weighted by Crippen LogP contribution is -2.19. The first-order valence-corrected chi connectivity index (χ1v) is 12.2. The molecule has 4 rings (SSSR count). The minimum Gasteiger partial charge on any atom is -0.497 e. The lowest BCUT2D eigenvalue weighted by atomic mass is 10.2. The van der Waals surface area contributed by atoms with Crippen molar-refractivity contribution in [3.05, 3.63) is 41.9 Å². The summed E-state index contributed by atoms with van der Waals surface area (Å²) in [5.74, 6) is 2.22. The van der Waals surface area contributed by atoms with Gasteiger partial charge in [0.2, 0.25) is 17.6 Å². The number of sulfone groups is 1. The summed E-state index contributed by atoms with van der Waals surface area (Å²) in [4.78, 5) is 16.8. The molecule has 1 N–H and O–H groups in total. The van der Waals surface area contributed by atoms with Crippen LogP contribution in [0.4, 0.5) is 5.82 Å². The van der Waals surface area contributed by atoms with Crippen LogP contribution >= 0.6 is 0 Å². The molecule has 1 atom stereocenters. The third kappa shape index (κ3) is 5.16. The Kier molecular flexibility index (Phi) is 6.26. The number of aromatic nitrogens is 4. The van der Waals surface area contributed by atoms with Crippen LogP contribution in [-0.4, -0.2) is 52.9 Å². The molecule has 1 aromatic carbocycles. The fraction of sp³-hybridized carbons (Fsp3) is 0.429. The average molecular weight is 460 g/mol. The second-order valence-electron chi connectivity index (χ2n) is 7.81. The van der Waals surface area contributed by atoms with Crippen molar-refractivity contribution in [2.45, 2.75) is 38.6 Å². The lowest BCUT2D eigenvalue weighted by Gasteiger charge is -2.13. The van der Waals surface area contributed by atoms with Gasteiger partial charge in [0.1, 0.15) is 11.6 Å². The van der Waals surface area contributed by atoms with Gasteiger partial charge >= 0.3 is 0 Å². The molecule has 170 valence electrons. The maximum absolute atomic E-state index is 12.4. The second-order valence-corrected chi connectivity index (χ2v) is 10.0. The molecule has 3 aromatic rings. The van der Waals surface area contributed by atoms with Crippen LogP contribution < -0.4 is 10.1 Å². The topological polar surface area (TPSA) is 129 Å². The van der Waals surface area contributed by atoms with E-state index in [1.165, 1.54) is 0 Å². The van der Waals surface area contributed by atoms with E-state index < -0.39 is 9.84 Å². The monoisotopic (exact) mass is 459 g/mol. The fourth-order valence-corrected chi connectivity index (χ4v) is 5.37. The quantitative estimate of drug-likeness (QED) is 0.544. The van der Waals surface area contributed by atoms with E-state index in [4.69, 9.17) is 9.26 Å². The van der Waals surface area contributed by atoms with Crippen LogP contribution in [0.25, 0.3) is 11.4 Å². The van der Waals surface area contributed by atoms with Gasteiger partial charge in [0.25, 0.3) is 0 Å². The van der Waals surface area contributed by atoms with Crippen molar-refractivity contribution in [3.63, 3.8) is 0 Å². The van der Waals surface area contributed by atoms with E-state index in [0.717, 1.165) is 17.0 Å². The van der Waals surface area contributed by atoms with Gasteiger partial charge in [0.05, 0.1) is 30.4 Å². The molecule has 1 saturated heterocycles. The number of nitrogens with one attached hydrogen (secondary N) is 1. The number of anilines is 1. The third-order valence-electron chi connectivity index (χ3n) is 5.29. The summed E-state index contributed by atoms with van der Waals surface area (Å²) < 4.78 is 35.6. The van der Waals surface area contributed by atoms with E-state index in [-0.39, 0.29) is 29.9 Å². The second kappa shape index (κ2) is 9.11. The van der Waals surface area contributed by atoms with Crippen molar-refractivity contribution >= 4 is 21.6 Å². The molecule has 0 saturated carbocycles. The molecule has 0 aliphatic carbocycles. The van der Waals surface area contributed by atoms with Crippen LogP contribution in [0.2, 0.25) is 0 Å². The SMILES string of the molecule is COc1ccc(-c2noc(CCCC(=O)Nc3cc(C)nn3C3CCS(=O)(=O)C3)n2)cc1. The highest BCUT2D eigenvalue weighted by atomic mass is 32.2. The molecule has 3 heterocycles. The zero-order valence-corrected chi connectivity index (χ0v) is 18.8. The van der Waals surface area contributed by atoms with Gasteiger partial charge in [-0.25, -0.2) is 13.1 Å². The minimum atomic E-state index is -3.05. The summed E-state index contributed by atoms with van der Waals surface area (Å²) in [5.41, 5.74) is 1.54. The highest BCUT2D eigenvalue weighted by molar-refractivity contribution is 7.91. The van der Waals surface area contributed by atoms with Gasteiger partial charge in [0, 0.05) is 24.5 Å². The van der Waals surface area contributed by atoms with Crippen molar-refractivity contribution in [1.29, 1.82) is 0 Å². The van der Waals surface area contributed by atoms with Crippen LogP contribution in [0.1, 0.15) is 36.9 Å². The number of nitrogens with zero attached hydrogens (tertiary/aromatic N) is 4. The molecule has 0 spiro atoms. The summed E-state index contributed by atoms with van der Waals surface area (Å²) >= 11 is 0. The van der Waals surface area contributed by atoms with Gasteiger partial charge in [-0.05, 0) is 44.0 Å². The number of amides is 1. The van der Waals surface area contributed by atoms with Crippen molar-refractivity contribution < 1.29 is 22.5 Å². The highest BCUT2D eigenvalue weighted by Crippen LogP contribution is 2.27. The predicted molar refractivity (Wildman–Crippen MR) is 117 cm³/mol. The number of hydrogen-bond donors (Lipinski definition) is 1.